The summed E-state index contributed by atoms with van der Waals surface area (Å²) in [5.41, 5.74) is 6.14. The van der Waals surface area contributed by atoms with E-state index >= 15 is 0 Å². The minimum absolute atomic E-state index is 0.102. The molecule has 0 bridgehead atoms. The average Bonchev–Trinajstić information content (AvgIpc) is 3.46. The number of rotatable bonds is 18. The fourth-order valence-electron chi connectivity index (χ4n) is 4.15. The molecule has 1 heterocycles. The number of hydrogen-bond acceptors (Lipinski definition) is 13. The monoisotopic (exact) mass is 672 g/mol. The molecule has 0 atom stereocenters. The highest BCUT2D eigenvalue weighted by atomic mass is 32.1. The summed E-state index contributed by atoms with van der Waals surface area (Å²) in [5, 5.41) is 8.19. The molecule has 2 amide bonds. The van der Waals surface area contributed by atoms with Crippen LogP contribution in [0.4, 0.5) is 0 Å². The average molecular weight is 673 g/mol. The first-order valence-electron chi connectivity index (χ1n) is 14.5. The van der Waals surface area contributed by atoms with Crippen LogP contribution < -0.4 is 48.7 Å². The first-order valence-corrected chi connectivity index (χ1v) is 15.3. The summed E-state index contributed by atoms with van der Waals surface area (Å²) in [7, 11) is 9.00. The molecule has 3 rings (SSSR count). The second kappa shape index (κ2) is 18.1. The molecule has 0 radical (unpaired) electrons. The van der Waals surface area contributed by atoms with Gasteiger partial charge in [0.2, 0.25) is 11.5 Å². The molecule has 0 aliphatic carbocycles. The van der Waals surface area contributed by atoms with Crippen molar-refractivity contribution in [3.8, 4) is 46.0 Å². The summed E-state index contributed by atoms with van der Waals surface area (Å²) in [6.45, 7) is 4.42. The highest BCUT2D eigenvalue weighted by Crippen LogP contribution is 2.43. The molecule has 0 fully saturated rings. The largest absolute Gasteiger partial charge is 0.493 e. The first kappa shape index (κ1) is 36.3. The number of benzene rings is 2. The van der Waals surface area contributed by atoms with E-state index in [9.17, 15) is 9.59 Å². The summed E-state index contributed by atoms with van der Waals surface area (Å²) in [4.78, 5) is 27.0. The van der Waals surface area contributed by atoms with E-state index < -0.39 is 11.8 Å². The molecular formula is C32H40N4O10S. The Morgan fingerprint density at radius 2 is 0.936 bits per heavy atom. The van der Waals surface area contributed by atoms with Crippen LogP contribution >= 0.6 is 11.3 Å². The number of nitrogens with zero attached hydrogens (tertiary/aromatic N) is 2. The minimum Gasteiger partial charge on any atom is -0.493 e. The van der Waals surface area contributed by atoms with Gasteiger partial charge in [-0.1, -0.05) is 13.8 Å². The Balaban J connectivity index is 1.91. The molecule has 0 saturated carbocycles. The van der Waals surface area contributed by atoms with Crippen molar-refractivity contribution in [2.75, 3.05) is 55.9 Å². The number of ether oxygens (including phenoxy) is 8. The molecule has 0 saturated heterocycles. The zero-order valence-corrected chi connectivity index (χ0v) is 28.5. The van der Waals surface area contributed by atoms with Crippen LogP contribution in [0.5, 0.6) is 46.0 Å². The third kappa shape index (κ3) is 8.97. The number of carbonyl (C=O) groups excluding carboxylic acids is 2. The van der Waals surface area contributed by atoms with Gasteiger partial charge in [0.15, 0.2) is 34.5 Å². The second-order valence-electron chi connectivity index (χ2n) is 9.43. The lowest BCUT2D eigenvalue weighted by atomic mass is 10.2. The first-order chi connectivity index (χ1) is 22.8. The van der Waals surface area contributed by atoms with Crippen molar-refractivity contribution in [1.82, 2.24) is 10.9 Å². The molecule has 0 aliphatic rings. The van der Waals surface area contributed by atoms with Gasteiger partial charge in [-0.15, -0.1) is 11.3 Å². The normalized spacial score (nSPS) is 10.9. The number of nitrogens with one attached hydrogen (secondary N) is 2. The van der Waals surface area contributed by atoms with E-state index in [0.717, 1.165) is 11.3 Å². The van der Waals surface area contributed by atoms with E-state index in [0.29, 0.717) is 58.5 Å². The Labute approximate surface area is 277 Å². The van der Waals surface area contributed by atoms with Crippen molar-refractivity contribution >= 4 is 35.6 Å². The van der Waals surface area contributed by atoms with Crippen molar-refractivity contribution in [2.24, 2.45) is 10.2 Å². The van der Waals surface area contributed by atoms with Gasteiger partial charge in [-0.2, -0.15) is 10.2 Å². The lowest BCUT2D eigenvalue weighted by Gasteiger charge is -2.12. The number of hydrazone groups is 2. The maximum absolute atomic E-state index is 13.4. The standard InChI is InChI=1S/C32H40N4O10S/c1-9-11-45-27-28(46-12-10-2)30(32(38)36-34-18-20-15-23(41-5)26(44-8)24(16-20)42-6)47-29(27)31(37)35-33-17-19-13-21(39-3)25(43-7)22(14-19)40-4/h13-18H,9-12H2,1-8H3,(H,35,37)(H,36,38)/b33-17+,34-18+. The van der Waals surface area contributed by atoms with Crippen LogP contribution in [0.2, 0.25) is 0 Å². The van der Waals surface area contributed by atoms with E-state index in [4.69, 9.17) is 37.9 Å². The van der Waals surface area contributed by atoms with Gasteiger partial charge in [-0.3, -0.25) is 9.59 Å². The molecule has 0 aliphatic heterocycles. The summed E-state index contributed by atoms with van der Waals surface area (Å²) in [6, 6.07) is 6.71. The Kier molecular flexibility index (Phi) is 14.0. The SMILES string of the molecule is CCCOc1c(C(=O)N/N=C/c2cc(OC)c(OC)c(OC)c2)sc(C(=O)N/N=C/c2cc(OC)c(OC)c(OC)c2)c1OCCC. The predicted octanol–water partition coefficient (Wildman–Crippen LogP) is 4.91. The van der Waals surface area contributed by atoms with E-state index in [1.807, 2.05) is 13.8 Å². The molecule has 47 heavy (non-hydrogen) atoms. The molecule has 0 unspecified atom stereocenters. The summed E-state index contributed by atoms with van der Waals surface area (Å²) >= 11 is 0.895. The van der Waals surface area contributed by atoms with E-state index in [2.05, 4.69) is 21.1 Å². The van der Waals surface area contributed by atoms with Crippen LogP contribution in [0.3, 0.4) is 0 Å². The van der Waals surface area contributed by atoms with Gasteiger partial charge in [0.1, 0.15) is 9.75 Å². The van der Waals surface area contributed by atoms with Gasteiger partial charge in [0.25, 0.3) is 11.8 Å². The van der Waals surface area contributed by atoms with E-state index in [-0.39, 0.29) is 34.5 Å². The van der Waals surface area contributed by atoms with Crippen molar-refractivity contribution < 1.29 is 47.5 Å². The van der Waals surface area contributed by atoms with Gasteiger partial charge < -0.3 is 37.9 Å². The van der Waals surface area contributed by atoms with Gasteiger partial charge in [-0.25, -0.2) is 10.9 Å². The third-order valence-electron chi connectivity index (χ3n) is 6.27. The lowest BCUT2D eigenvalue weighted by Crippen LogP contribution is -2.17. The van der Waals surface area contributed by atoms with Crippen LogP contribution in [0.1, 0.15) is 57.2 Å². The summed E-state index contributed by atoms with van der Waals surface area (Å²) < 4.78 is 44.1. The Bertz CT molecular complexity index is 1420. The number of amides is 2. The summed E-state index contributed by atoms with van der Waals surface area (Å²) in [5.74, 6) is 1.62. The van der Waals surface area contributed by atoms with Crippen molar-refractivity contribution in [1.29, 1.82) is 0 Å². The summed E-state index contributed by atoms with van der Waals surface area (Å²) in [6.07, 6.45) is 4.15. The van der Waals surface area contributed by atoms with Crippen LogP contribution in [0, 0.1) is 0 Å². The van der Waals surface area contributed by atoms with Crippen LogP contribution in [-0.2, 0) is 0 Å². The molecule has 1 aromatic heterocycles. The quantitative estimate of drug-likeness (QED) is 0.141. The fraction of sp³-hybridized carbons (Fsp3) is 0.375. The van der Waals surface area contributed by atoms with E-state index in [1.54, 1.807) is 24.3 Å². The highest BCUT2D eigenvalue weighted by molar-refractivity contribution is 7.16. The Hall–Kier alpha value is -5.18. The lowest BCUT2D eigenvalue weighted by molar-refractivity contribution is 0.0945. The molecule has 2 N–H and O–H groups in total. The van der Waals surface area contributed by atoms with Gasteiger partial charge >= 0.3 is 0 Å². The Morgan fingerprint density at radius 3 is 1.21 bits per heavy atom. The number of hydrogen-bond donors (Lipinski definition) is 2. The molecule has 254 valence electrons. The van der Waals surface area contributed by atoms with Crippen LogP contribution in [0.25, 0.3) is 0 Å². The fourth-order valence-corrected chi connectivity index (χ4v) is 5.12. The van der Waals surface area contributed by atoms with Gasteiger partial charge in [0, 0.05) is 11.1 Å². The predicted molar refractivity (Wildman–Crippen MR) is 178 cm³/mol. The van der Waals surface area contributed by atoms with Crippen molar-refractivity contribution in [3.05, 3.63) is 45.1 Å². The van der Waals surface area contributed by atoms with Gasteiger partial charge in [-0.05, 0) is 37.1 Å². The van der Waals surface area contributed by atoms with Gasteiger partial charge in [0.05, 0.1) is 68.3 Å². The smallest absolute Gasteiger partial charge is 0.285 e. The molecule has 14 nitrogen and oxygen atoms in total. The van der Waals surface area contributed by atoms with Crippen LogP contribution in [-0.4, -0.2) is 80.1 Å². The van der Waals surface area contributed by atoms with Crippen molar-refractivity contribution in [3.63, 3.8) is 0 Å². The zero-order valence-electron chi connectivity index (χ0n) is 27.7. The zero-order chi connectivity index (χ0) is 34.3. The maximum atomic E-state index is 13.4. The number of carbonyl (C=O) groups is 2. The van der Waals surface area contributed by atoms with Crippen molar-refractivity contribution in [2.45, 2.75) is 26.7 Å². The number of thiophene rings is 1. The third-order valence-corrected chi connectivity index (χ3v) is 7.42. The molecule has 15 heteroatoms. The second-order valence-corrected chi connectivity index (χ2v) is 10.5. The number of methoxy groups -OCH3 is 6. The molecule has 0 spiro atoms. The minimum atomic E-state index is -0.605. The Morgan fingerprint density at radius 1 is 0.596 bits per heavy atom. The highest BCUT2D eigenvalue weighted by Gasteiger charge is 2.29. The molecular weight excluding hydrogens is 632 g/mol. The maximum Gasteiger partial charge on any atom is 0.285 e. The molecule has 2 aromatic carbocycles. The van der Waals surface area contributed by atoms with E-state index in [1.165, 1.54) is 55.1 Å². The topological polar surface area (TPSA) is 157 Å². The molecule has 3 aromatic rings. The van der Waals surface area contributed by atoms with Crippen LogP contribution in [0.15, 0.2) is 34.5 Å².